The van der Waals surface area contributed by atoms with Crippen molar-refractivity contribution in [3.63, 3.8) is 0 Å². The fourth-order valence-corrected chi connectivity index (χ4v) is 5.24. The van der Waals surface area contributed by atoms with Crippen LogP contribution in [0.1, 0.15) is 11.4 Å². The topological polar surface area (TPSA) is 76.2 Å². The molecule has 39 heavy (non-hydrogen) atoms. The number of aromatic nitrogens is 4. The van der Waals surface area contributed by atoms with E-state index in [-0.39, 0.29) is 0 Å². The average Bonchev–Trinajstić information content (AvgIpc) is 3.29. The van der Waals surface area contributed by atoms with Gasteiger partial charge >= 0.3 is 0 Å². The summed E-state index contributed by atoms with van der Waals surface area (Å²) >= 11 is 0. The number of imidazole rings is 1. The summed E-state index contributed by atoms with van der Waals surface area (Å²) in [5.41, 5.74) is 7.36. The van der Waals surface area contributed by atoms with Crippen molar-refractivity contribution in [2.45, 2.75) is 13.5 Å². The fourth-order valence-electron chi connectivity index (χ4n) is 5.24. The third-order valence-corrected chi connectivity index (χ3v) is 7.22. The van der Waals surface area contributed by atoms with Gasteiger partial charge in [0, 0.05) is 29.1 Å². The number of anilines is 1. The second-order valence-corrected chi connectivity index (χ2v) is 9.75. The lowest BCUT2D eigenvalue weighted by molar-refractivity contribution is 0.331. The number of aromatic amines is 1. The van der Waals surface area contributed by atoms with Crippen LogP contribution < -0.4 is 14.4 Å². The quantitative estimate of drug-likeness (QED) is 0.288. The van der Waals surface area contributed by atoms with Crippen LogP contribution in [-0.2, 0) is 6.54 Å². The Bertz CT molecular complexity index is 1790. The summed E-state index contributed by atoms with van der Waals surface area (Å²) in [4.78, 5) is 19.9. The van der Waals surface area contributed by atoms with Gasteiger partial charge in [0.15, 0.2) is 0 Å². The third-order valence-electron chi connectivity index (χ3n) is 7.22. The SMILES string of the molecule is COc1ccc2c(N3CCOc4ccc(-c5ccc(-c6nc7ccccc7[nH]6)cc5)cc4C3)nc(C)nc2c1. The molecule has 0 atom stereocenters. The van der Waals surface area contributed by atoms with Gasteiger partial charge in [0.05, 0.1) is 30.2 Å². The van der Waals surface area contributed by atoms with Crippen LogP contribution in [0.3, 0.4) is 0 Å². The number of ether oxygens (including phenoxy) is 2. The Morgan fingerprint density at radius 1 is 0.821 bits per heavy atom. The number of nitrogens with one attached hydrogen (secondary N) is 1. The zero-order valence-electron chi connectivity index (χ0n) is 21.8. The standard InChI is InChI=1S/C32H27N5O2/c1-20-33-29-18-25(38-2)12-13-26(29)32(34-20)37-15-16-39-30-14-11-23(17-24(30)19-37)21-7-9-22(10-8-21)31-35-27-5-3-4-6-28(27)36-31/h3-14,17-18H,15-16,19H2,1-2H3,(H,35,36). The highest BCUT2D eigenvalue weighted by atomic mass is 16.5. The second kappa shape index (κ2) is 9.44. The molecule has 0 radical (unpaired) electrons. The molecule has 0 fully saturated rings. The smallest absolute Gasteiger partial charge is 0.140 e. The highest BCUT2D eigenvalue weighted by Crippen LogP contribution is 2.34. The largest absolute Gasteiger partial charge is 0.497 e. The molecule has 192 valence electrons. The Hall–Kier alpha value is -4.91. The zero-order chi connectivity index (χ0) is 26.3. The minimum Gasteiger partial charge on any atom is -0.497 e. The lowest BCUT2D eigenvalue weighted by atomic mass is 10.0. The van der Waals surface area contributed by atoms with Gasteiger partial charge in [-0.05, 0) is 54.4 Å². The van der Waals surface area contributed by atoms with Gasteiger partial charge in [-0.2, -0.15) is 0 Å². The third kappa shape index (κ3) is 4.32. The molecule has 1 aliphatic rings. The van der Waals surface area contributed by atoms with Crippen LogP contribution in [0.2, 0.25) is 0 Å². The van der Waals surface area contributed by atoms with E-state index in [1.54, 1.807) is 7.11 Å². The number of H-pyrrole nitrogens is 1. The van der Waals surface area contributed by atoms with Crippen molar-refractivity contribution in [3.05, 3.63) is 96.3 Å². The molecule has 0 aliphatic carbocycles. The van der Waals surface area contributed by atoms with Crippen LogP contribution in [0.4, 0.5) is 5.82 Å². The van der Waals surface area contributed by atoms with E-state index in [1.807, 2.05) is 49.4 Å². The van der Waals surface area contributed by atoms with Gasteiger partial charge in [-0.3, -0.25) is 0 Å². The van der Waals surface area contributed by atoms with Crippen LogP contribution in [0.5, 0.6) is 11.5 Å². The van der Waals surface area contributed by atoms with E-state index in [4.69, 9.17) is 19.4 Å². The first kappa shape index (κ1) is 23.2. The summed E-state index contributed by atoms with van der Waals surface area (Å²) in [6.07, 6.45) is 0. The van der Waals surface area contributed by atoms with E-state index in [1.165, 1.54) is 0 Å². The monoisotopic (exact) mass is 513 g/mol. The van der Waals surface area contributed by atoms with Gasteiger partial charge in [-0.25, -0.2) is 15.0 Å². The van der Waals surface area contributed by atoms with Gasteiger partial charge < -0.3 is 19.4 Å². The summed E-state index contributed by atoms with van der Waals surface area (Å²) in [5, 5.41) is 1.00. The summed E-state index contributed by atoms with van der Waals surface area (Å²) in [6.45, 7) is 3.93. The van der Waals surface area contributed by atoms with Crippen molar-refractivity contribution in [2.75, 3.05) is 25.2 Å². The summed E-state index contributed by atoms with van der Waals surface area (Å²) in [7, 11) is 1.67. The first-order chi connectivity index (χ1) is 19.1. The zero-order valence-corrected chi connectivity index (χ0v) is 21.8. The number of nitrogens with zero attached hydrogens (tertiary/aromatic N) is 4. The van der Waals surface area contributed by atoms with Crippen molar-refractivity contribution < 1.29 is 9.47 Å². The van der Waals surface area contributed by atoms with Crippen LogP contribution in [0.25, 0.3) is 44.5 Å². The number of hydrogen-bond donors (Lipinski definition) is 1. The highest BCUT2D eigenvalue weighted by Gasteiger charge is 2.20. The molecule has 0 amide bonds. The number of fused-ring (bicyclic) bond motifs is 3. The molecule has 7 heteroatoms. The lowest BCUT2D eigenvalue weighted by Crippen LogP contribution is -2.26. The molecule has 0 saturated heterocycles. The molecule has 0 saturated carbocycles. The molecule has 1 aliphatic heterocycles. The Kier molecular flexibility index (Phi) is 5.62. The Morgan fingerprint density at radius 3 is 2.49 bits per heavy atom. The van der Waals surface area contributed by atoms with E-state index in [0.29, 0.717) is 13.2 Å². The first-order valence-electron chi connectivity index (χ1n) is 13.0. The van der Waals surface area contributed by atoms with Gasteiger partial charge in [0.25, 0.3) is 0 Å². The van der Waals surface area contributed by atoms with Gasteiger partial charge in [0.2, 0.25) is 0 Å². The molecular weight excluding hydrogens is 486 g/mol. The minimum atomic E-state index is 0.583. The molecule has 4 aromatic carbocycles. The van der Waals surface area contributed by atoms with Crippen molar-refractivity contribution >= 4 is 27.8 Å². The number of methoxy groups -OCH3 is 1. The number of aryl methyl sites for hydroxylation is 1. The number of rotatable bonds is 4. The Balaban J connectivity index is 1.20. The predicted octanol–water partition coefficient (Wildman–Crippen LogP) is 6.56. The van der Waals surface area contributed by atoms with Crippen LogP contribution in [0, 0.1) is 6.92 Å². The molecule has 0 bridgehead atoms. The second-order valence-electron chi connectivity index (χ2n) is 9.75. The molecule has 7 nitrogen and oxygen atoms in total. The lowest BCUT2D eigenvalue weighted by Gasteiger charge is -2.23. The van der Waals surface area contributed by atoms with E-state index in [2.05, 4.69) is 57.3 Å². The van der Waals surface area contributed by atoms with Gasteiger partial charge in [-0.1, -0.05) is 42.5 Å². The molecule has 6 aromatic rings. The molecule has 0 spiro atoms. The van der Waals surface area contributed by atoms with Crippen molar-refractivity contribution in [1.29, 1.82) is 0 Å². The minimum absolute atomic E-state index is 0.583. The van der Waals surface area contributed by atoms with E-state index in [0.717, 1.165) is 79.7 Å². The van der Waals surface area contributed by atoms with E-state index < -0.39 is 0 Å². The maximum atomic E-state index is 6.16. The molecule has 0 unspecified atom stereocenters. The molecular formula is C32H27N5O2. The van der Waals surface area contributed by atoms with Gasteiger partial charge in [-0.15, -0.1) is 0 Å². The average molecular weight is 514 g/mol. The summed E-state index contributed by atoms with van der Waals surface area (Å²) < 4.78 is 11.6. The van der Waals surface area contributed by atoms with Crippen molar-refractivity contribution in [3.8, 4) is 34.0 Å². The van der Waals surface area contributed by atoms with Crippen LogP contribution >= 0.6 is 0 Å². The maximum absolute atomic E-state index is 6.16. The first-order valence-corrected chi connectivity index (χ1v) is 13.0. The number of para-hydroxylation sites is 2. The highest BCUT2D eigenvalue weighted by molar-refractivity contribution is 5.90. The van der Waals surface area contributed by atoms with Crippen molar-refractivity contribution in [2.24, 2.45) is 0 Å². The van der Waals surface area contributed by atoms with Crippen LogP contribution in [-0.4, -0.2) is 40.2 Å². The van der Waals surface area contributed by atoms with Crippen molar-refractivity contribution in [1.82, 2.24) is 19.9 Å². The molecule has 2 aromatic heterocycles. The predicted molar refractivity (Wildman–Crippen MR) is 154 cm³/mol. The molecule has 3 heterocycles. The van der Waals surface area contributed by atoms with Crippen LogP contribution in [0.15, 0.2) is 84.9 Å². The summed E-state index contributed by atoms with van der Waals surface area (Å²) in [5.74, 6) is 4.22. The van der Waals surface area contributed by atoms with Gasteiger partial charge in [0.1, 0.15) is 35.6 Å². The van der Waals surface area contributed by atoms with E-state index >= 15 is 0 Å². The summed E-state index contributed by atoms with van der Waals surface area (Å²) in [6, 6.07) is 29.0. The number of hydrogen-bond acceptors (Lipinski definition) is 6. The fraction of sp³-hybridized carbons (Fsp3) is 0.156. The Labute approximate surface area is 226 Å². The van der Waals surface area contributed by atoms with E-state index in [9.17, 15) is 0 Å². The molecule has 7 rings (SSSR count). The maximum Gasteiger partial charge on any atom is 0.140 e. The molecule has 1 N–H and O–H groups in total. The number of benzene rings is 4. The Morgan fingerprint density at radius 2 is 1.64 bits per heavy atom. The normalized spacial score (nSPS) is 13.2.